The summed E-state index contributed by atoms with van der Waals surface area (Å²) in [6.45, 7) is 5.47. The molecule has 0 spiro atoms. The van der Waals surface area contributed by atoms with Crippen LogP contribution in [0.3, 0.4) is 0 Å². The lowest BCUT2D eigenvalue weighted by molar-refractivity contribution is 0.570. The van der Waals surface area contributed by atoms with Crippen molar-refractivity contribution >= 4 is 28.7 Å². The zero-order valence-electron chi connectivity index (χ0n) is 9.95. The van der Waals surface area contributed by atoms with Crippen molar-refractivity contribution in [2.24, 2.45) is 4.99 Å². The SMILES string of the molecule is CCC1CCSC(=NCCC(C)SC)N1. The molecule has 1 aliphatic heterocycles. The molecule has 0 saturated carbocycles. The maximum Gasteiger partial charge on any atom is 0.156 e. The first-order chi connectivity index (χ1) is 7.26. The molecule has 15 heavy (non-hydrogen) atoms. The van der Waals surface area contributed by atoms with Crippen LogP contribution in [0.2, 0.25) is 0 Å². The molecule has 1 saturated heterocycles. The fourth-order valence-corrected chi connectivity index (χ4v) is 2.82. The summed E-state index contributed by atoms with van der Waals surface area (Å²) in [6, 6.07) is 0.656. The van der Waals surface area contributed by atoms with Gasteiger partial charge in [0.15, 0.2) is 5.17 Å². The maximum absolute atomic E-state index is 4.62. The molecule has 0 aromatic carbocycles. The normalized spacial score (nSPS) is 26.3. The second kappa shape index (κ2) is 7.44. The van der Waals surface area contributed by atoms with Gasteiger partial charge in [0.2, 0.25) is 0 Å². The smallest absolute Gasteiger partial charge is 0.156 e. The van der Waals surface area contributed by atoms with Crippen LogP contribution in [0.1, 0.15) is 33.1 Å². The minimum atomic E-state index is 0.656. The van der Waals surface area contributed by atoms with E-state index < -0.39 is 0 Å². The first kappa shape index (κ1) is 13.2. The monoisotopic (exact) mass is 246 g/mol. The van der Waals surface area contributed by atoms with Crippen molar-refractivity contribution in [1.82, 2.24) is 5.32 Å². The molecule has 0 radical (unpaired) electrons. The maximum atomic E-state index is 4.62. The Labute approximate surface area is 102 Å². The van der Waals surface area contributed by atoms with Crippen LogP contribution in [0.15, 0.2) is 4.99 Å². The van der Waals surface area contributed by atoms with E-state index in [1.165, 1.54) is 30.2 Å². The van der Waals surface area contributed by atoms with Gasteiger partial charge in [-0.25, -0.2) is 0 Å². The van der Waals surface area contributed by atoms with Gasteiger partial charge in [-0.15, -0.1) is 0 Å². The summed E-state index contributed by atoms with van der Waals surface area (Å²) in [5.74, 6) is 1.22. The predicted molar refractivity (Wildman–Crippen MR) is 74.2 cm³/mol. The molecule has 1 N–H and O–H groups in total. The van der Waals surface area contributed by atoms with E-state index in [0.29, 0.717) is 6.04 Å². The molecule has 1 aliphatic rings. The minimum absolute atomic E-state index is 0.656. The number of nitrogens with one attached hydrogen (secondary N) is 1. The Balaban J connectivity index is 2.26. The van der Waals surface area contributed by atoms with Crippen LogP contribution in [0.4, 0.5) is 0 Å². The summed E-state index contributed by atoms with van der Waals surface area (Å²) >= 11 is 3.79. The molecule has 0 amide bonds. The van der Waals surface area contributed by atoms with Gasteiger partial charge in [-0.2, -0.15) is 11.8 Å². The van der Waals surface area contributed by atoms with Crippen LogP contribution >= 0.6 is 23.5 Å². The van der Waals surface area contributed by atoms with Crippen molar-refractivity contribution in [3.8, 4) is 0 Å². The van der Waals surface area contributed by atoms with Crippen LogP contribution in [-0.4, -0.2) is 35.0 Å². The van der Waals surface area contributed by atoms with Gasteiger partial charge in [-0.05, 0) is 25.5 Å². The van der Waals surface area contributed by atoms with Crippen LogP contribution in [-0.2, 0) is 0 Å². The first-order valence-electron chi connectivity index (χ1n) is 5.72. The highest BCUT2D eigenvalue weighted by Crippen LogP contribution is 2.16. The van der Waals surface area contributed by atoms with Gasteiger partial charge in [0.25, 0.3) is 0 Å². The fraction of sp³-hybridized carbons (Fsp3) is 0.909. The molecular formula is C11H22N2S2. The number of hydrogen-bond donors (Lipinski definition) is 1. The number of rotatable bonds is 5. The van der Waals surface area contributed by atoms with E-state index >= 15 is 0 Å². The molecule has 0 aromatic heterocycles. The second-order valence-corrected chi connectivity index (χ2v) is 6.27. The number of nitrogens with zero attached hydrogens (tertiary/aromatic N) is 1. The highest BCUT2D eigenvalue weighted by Gasteiger charge is 2.15. The lowest BCUT2D eigenvalue weighted by atomic mass is 10.2. The van der Waals surface area contributed by atoms with Crippen molar-refractivity contribution < 1.29 is 0 Å². The van der Waals surface area contributed by atoms with Crippen LogP contribution in [0, 0.1) is 0 Å². The summed E-state index contributed by atoms with van der Waals surface area (Å²) in [6.07, 6.45) is 5.84. The van der Waals surface area contributed by atoms with Gasteiger partial charge in [-0.3, -0.25) is 4.99 Å². The number of thioether (sulfide) groups is 2. The highest BCUT2D eigenvalue weighted by atomic mass is 32.2. The van der Waals surface area contributed by atoms with E-state index in [4.69, 9.17) is 0 Å². The Morgan fingerprint density at radius 1 is 1.67 bits per heavy atom. The molecule has 2 unspecified atom stereocenters. The minimum Gasteiger partial charge on any atom is -0.362 e. The van der Waals surface area contributed by atoms with Gasteiger partial charge < -0.3 is 5.32 Å². The van der Waals surface area contributed by atoms with Gasteiger partial charge in [0, 0.05) is 23.6 Å². The topological polar surface area (TPSA) is 24.4 Å². The summed E-state index contributed by atoms with van der Waals surface area (Å²) in [7, 11) is 0. The summed E-state index contributed by atoms with van der Waals surface area (Å²) in [5, 5.41) is 5.40. The highest BCUT2D eigenvalue weighted by molar-refractivity contribution is 8.13. The standard InChI is InChI=1S/C11H22N2S2/c1-4-10-6-8-15-11(13-10)12-7-5-9(2)14-3/h9-10H,4-8H2,1-3H3,(H,12,13). The first-order valence-corrected chi connectivity index (χ1v) is 8.00. The predicted octanol–water partition coefficient (Wildman–Crippen LogP) is 2.99. The zero-order chi connectivity index (χ0) is 11.1. The van der Waals surface area contributed by atoms with E-state index in [-0.39, 0.29) is 0 Å². The Kier molecular flexibility index (Phi) is 6.57. The molecule has 1 rings (SSSR count). The lowest BCUT2D eigenvalue weighted by Gasteiger charge is -2.24. The molecule has 1 heterocycles. The fourth-order valence-electron chi connectivity index (χ4n) is 1.45. The van der Waals surface area contributed by atoms with Gasteiger partial charge in [0.05, 0.1) is 0 Å². The Morgan fingerprint density at radius 3 is 3.13 bits per heavy atom. The molecular weight excluding hydrogens is 224 g/mol. The summed E-state index contributed by atoms with van der Waals surface area (Å²) in [4.78, 5) is 4.62. The van der Waals surface area contributed by atoms with E-state index in [1.807, 2.05) is 23.5 Å². The molecule has 0 aliphatic carbocycles. The molecule has 1 fully saturated rings. The number of aliphatic imine (C=N–C) groups is 1. The average molecular weight is 246 g/mol. The number of amidine groups is 1. The largest absolute Gasteiger partial charge is 0.362 e. The quantitative estimate of drug-likeness (QED) is 0.807. The third-order valence-electron chi connectivity index (χ3n) is 2.72. The molecule has 2 atom stereocenters. The van der Waals surface area contributed by atoms with Crippen molar-refractivity contribution in [2.75, 3.05) is 18.6 Å². The molecule has 4 heteroatoms. The van der Waals surface area contributed by atoms with Gasteiger partial charge in [0.1, 0.15) is 0 Å². The summed E-state index contributed by atoms with van der Waals surface area (Å²) < 4.78 is 0. The second-order valence-electron chi connectivity index (χ2n) is 3.91. The third kappa shape index (κ3) is 5.16. The zero-order valence-corrected chi connectivity index (χ0v) is 11.6. The van der Waals surface area contributed by atoms with Crippen molar-refractivity contribution in [3.63, 3.8) is 0 Å². The Bertz CT molecular complexity index is 207. The van der Waals surface area contributed by atoms with Crippen LogP contribution < -0.4 is 5.32 Å². The van der Waals surface area contributed by atoms with Crippen LogP contribution in [0.5, 0.6) is 0 Å². The van der Waals surface area contributed by atoms with Gasteiger partial charge >= 0.3 is 0 Å². The molecule has 88 valence electrons. The molecule has 2 nitrogen and oxygen atoms in total. The summed E-state index contributed by atoms with van der Waals surface area (Å²) in [5.41, 5.74) is 0. The van der Waals surface area contributed by atoms with E-state index in [9.17, 15) is 0 Å². The van der Waals surface area contributed by atoms with E-state index in [1.54, 1.807) is 0 Å². The van der Waals surface area contributed by atoms with Gasteiger partial charge in [-0.1, -0.05) is 25.6 Å². The lowest BCUT2D eigenvalue weighted by Crippen LogP contribution is -2.37. The van der Waals surface area contributed by atoms with Crippen molar-refractivity contribution in [2.45, 2.75) is 44.4 Å². The Hall–Kier alpha value is 0.170. The van der Waals surface area contributed by atoms with E-state index in [2.05, 4.69) is 30.4 Å². The average Bonchev–Trinajstić information content (AvgIpc) is 2.29. The number of hydrogen-bond acceptors (Lipinski definition) is 3. The molecule has 0 aromatic rings. The van der Waals surface area contributed by atoms with E-state index in [0.717, 1.165) is 11.8 Å². The van der Waals surface area contributed by atoms with Crippen LogP contribution in [0.25, 0.3) is 0 Å². The van der Waals surface area contributed by atoms with Crippen molar-refractivity contribution in [1.29, 1.82) is 0 Å². The Morgan fingerprint density at radius 2 is 2.47 bits per heavy atom. The van der Waals surface area contributed by atoms with Crippen molar-refractivity contribution in [3.05, 3.63) is 0 Å². The molecule has 0 bridgehead atoms. The third-order valence-corrected chi connectivity index (χ3v) is 4.72.